The Morgan fingerprint density at radius 3 is 3.06 bits per heavy atom. The SMILES string of the molecule is CC(CNc1ccc2c(c1)ncn2C)CC(=O)O. The number of hydrogen-bond acceptors (Lipinski definition) is 3. The van der Waals surface area contributed by atoms with Crippen molar-refractivity contribution in [3.63, 3.8) is 0 Å². The Balaban J connectivity index is 2.01. The van der Waals surface area contributed by atoms with Crippen molar-refractivity contribution in [2.75, 3.05) is 11.9 Å². The van der Waals surface area contributed by atoms with Gasteiger partial charge in [-0.05, 0) is 24.1 Å². The summed E-state index contributed by atoms with van der Waals surface area (Å²) in [4.78, 5) is 14.8. The van der Waals surface area contributed by atoms with Crippen LogP contribution in [0.25, 0.3) is 11.0 Å². The summed E-state index contributed by atoms with van der Waals surface area (Å²) in [5, 5.41) is 11.9. The zero-order valence-corrected chi connectivity index (χ0v) is 10.6. The average molecular weight is 247 g/mol. The van der Waals surface area contributed by atoms with Crippen LogP contribution in [0.4, 0.5) is 5.69 Å². The predicted octanol–water partition coefficient (Wildman–Crippen LogP) is 2.10. The fourth-order valence-electron chi connectivity index (χ4n) is 1.91. The quantitative estimate of drug-likeness (QED) is 0.849. The molecule has 2 rings (SSSR count). The number of rotatable bonds is 5. The van der Waals surface area contributed by atoms with Crippen LogP contribution in [0.3, 0.4) is 0 Å². The Labute approximate surface area is 105 Å². The third-order valence-corrected chi connectivity index (χ3v) is 2.90. The van der Waals surface area contributed by atoms with Crippen LogP contribution in [-0.4, -0.2) is 27.2 Å². The van der Waals surface area contributed by atoms with Crippen LogP contribution in [0.15, 0.2) is 24.5 Å². The van der Waals surface area contributed by atoms with Crippen LogP contribution in [0.2, 0.25) is 0 Å². The number of anilines is 1. The van der Waals surface area contributed by atoms with Crippen molar-refractivity contribution in [3.05, 3.63) is 24.5 Å². The normalized spacial score (nSPS) is 12.6. The van der Waals surface area contributed by atoms with Gasteiger partial charge >= 0.3 is 5.97 Å². The van der Waals surface area contributed by atoms with Gasteiger partial charge in [-0.2, -0.15) is 0 Å². The van der Waals surface area contributed by atoms with E-state index in [0.29, 0.717) is 6.54 Å². The standard InChI is InChI=1S/C13H17N3O2/c1-9(5-13(17)18)7-14-10-3-4-12-11(6-10)15-8-16(12)2/h3-4,6,8-9,14H,5,7H2,1-2H3,(H,17,18). The molecule has 1 atom stereocenters. The molecule has 1 aromatic heterocycles. The summed E-state index contributed by atoms with van der Waals surface area (Å²) in [6.07, 6.45) is 1.96. The van der Waals surface area contributed by atoms with Gasteiger partial charge in [0.2, 0.25) is 0 Å². The predicted molar refractivity (Wildman–Crippen MR) is 70.6 cm³/mol. The summed E-state index contributed by atoms with van der Waals surface area (Å²) < 4.78 is 1.96. The molecule has 0 saturated carbocycles. The van der Waals surface area contributed by atoms with Gasteiger partial charge in [0, 0.05) is 25.7 Å². The molecule has 1 aromatic carbocycles. The Hall–Kier alpha value is -2.04. The van der Waals surface area contributed by atoms with Crippen LogP contribution in [0.5, 0.6) is 0 Å². The summed E-state index contributed by atoms with van der Waals surface area (Å²) in [5.74, 6) is -0.661. The fourth-order valence-corrected chi connectivity index (χ4v) is 1.91. The van der Waals surface area contributed by atoms with Gasteiger partial charge < -0.3 is 15.0 Å². The molecule has 96 valence electrons. The monoisotopic (exact) mass is 247 g/mol. The van der Waals surface area contributed by atoms with Gasteiger partial charge in [0.25, 0.3) is 0 Å². The molecule has 0 aliphatic heterocycles. The number of aliphatic carboxylic acids is 1. The Kier molecular flexibility index (Phi) is 3.50. The van der Waals surface area contributed by atoms with Gasteiger partial charge in [0.1, 0.15) is 0 Å². The maximum atomic E-state index is 10.6. The minimum atomic E-state index is -0.760. The van der Waals surface area contributed by atoms with E-state index in [1.54, 1.807) is 6.33 Å². The molecule has 0 bridgehead atoms. The summed E-state index contributed by atoms with van der Waals surface area (Å²) in [5.41, 5.74) is 2.99. The maximum Gasteiger partial charge on any atom is 0.303 e. The highest BCUT2D eigenvalue weighted by atomic mass is 16.4. The van der Waals surface area contributed by atoms with Crippen LogP contribution in [-0.2, 0) is 11.8 Å². The number of aryl methyl sites for hydroxylation is 1. The van der Waals surface area contributed by atoms with E-state index in [1.165, 1.54) is 0 Å². The molecule has 0 amide bonds. The van der Waals surface area contributed by atoms with Gasteiger partial charge in [-0.25, -0.2) is 4.98 Å². The van der Waals surface area contributed by atoms with Crippen molar-refractivity contribution in [2.24, 2.45) is 13.0 Å². The van der Waals surface area contributed by atoms with Crippen LogP contribution in [0.1, 0.15) is 13.3 Å². The molecule has 0 spiro atoms. The molecule has 0 radical (unpaired) electrons. The number of aromatic nitrogens is 2. The van der Waals surface area contributed by atoms with Crippen LogP contribution < -0.4 is 5.32 Å². The summed E-state index contributed by atoms with van der Waals surface area (Å²) >= 11 is 0. The second kappa shape index (κ2) is 5.08. The number of carbonyl (C=O) groups is 1. The van der Waals surface area contributed by atoms with E-state index in [1.807, 2.05) is 36.7 Å². The number of imidazole rings is 1. The molecule has 18 heavy (non-hydrogen) atoms. The summed E-state index contributed by atoms with van der Waals surface area (Å²) in [6.45, 7) is 2.56. The van der Waals surface area contributed by atoms with Gasteiger partial charge in [0.05, 0.1) is 17.4 Å². The molecule has 1 unspecified atom stereocenters. The Morgan fingerprint density at radius 2 is 2.33 bits per heavy atom. The minimum Gasteiger partial charge on any atom is -0.481 e. The molecule has 5 nitrogen and oxygen atoms in total. The van der Waals surface area contributed by atoms with Gasteiger partial charge in [-0.15, -0.1) is 0 Å². The van der Waals surface area contributed by atoms with E-state index < -0.39 is 5.97 Å². The fraction of sp³-hybridized carbons (Fsp3) is 0.385. The molecule has 5 heteroatoms. The highest BCUT2D eigenvalue weighted by Crippen LogP contribution is 2.17. The topological polar surface area (TPSA) is 67.2 Å². The molecule has 2 aromatic rings. The first kappa shape index (κ1) is 12.4. The van der Waals surface area contributed by atoms with Crippen LogP contribution in [0, 0.1) is 5.92 Å². The lowest BCUT2D eigenvalue weighted by molar-refractivity contribution is -0.137. The first-order valence-corrected chi connectivity index (χ1v) is 5.93. The average Bonchev–Trinajstić information content (AvgIpc) is 2.67. The van der Waals surface area contributed by atoms with Crippen molar-refractivity contribution < 1.29 is 9.90 Å². The number of hydrogen-bond donors (Lipinski definition) is 2. The van der Waals surface area contributed by atoms with Gasteiger partial charge in [0.15, 0.2) is 0 Å². The van der Waals surface area contributed by atoms with E-state index in [4.69, 9.17) is 5.11 Å². The number of nitrogens with zero attached hydrogens (tertiary/aromatic N) is 2. The van der Waals surface area contributed by atoms with Crippen molar-refractivity contribution in [1.29, 1.82) is 0 Å². The van der Waals surface area contributed by atoms with Crippen molar-refractivity contribution in [3.8, 4) is 0 Å². The second-order valence-electron chi connectivity index (χ2n) is 4.64. The molecule has 0 saturated heterocycles. The highest BCUT2D eigenvalue weighted by Gasteiger charge is 2.07. The smallest absolute Gasteiger partial charge is 0.303 e. The number of carboxylic acids is 1. The highest BCUT2D eigenvalue weighted by molar-refractivity contribution is 5.79. The molecular weight excluding hydrogens is 230 g/mol. The molecule has 0 fully saturated rings. The second-order valence-corrected chi connectivity index (χ2v) is 4.64. The first-order chi connectivity index (χ1) is 8.56. The Morgan fingerprint density at radius 1 is 1.56 bits per heavy atom. The lowest BCUT2D eigenvalue weighted by atomic mass is 10.1. The summed E-state index contributed by atoms with van der Waals surface area (Å²) in [7, 11) is 1.96. The van der Waals surface area contributed by atoms with Crippen molar-refractivity contribution in [1.82, 2.24) is 9.55 Å². The lowest BCUT2D eigenvalue weighted by Gasteiger charge is -2.11. The van der Waals surface area contributed by atoms with Gasteiger partial charge in [-0.3, -0.25) is 4.79 Å². The largest absolute Gasteiger partial charge is 0.481 e. The van der Waals surface area contributed by atoms with Crippen LogP contribution >= 0.6 is 0 Å². The third kappa shape index (κ3) is 2.80. The lowest BCUT2D eigenvalue weighted by Crippen LogP contribution is -2.14. The number of carboxylic acid groups (broad SMARTS) is 1. The number of benzene rings is 1. The number of fused-ring (bicyclic) bond motifs is 1. The first-order valence-electron chi connectivity index (χ1n) is 5.93. The van der Waals surface area contributed by atoms with E-state index in [-0.39, 0.29) is 12.3 Å². The maximum absolute atomic E-state index is 10.6. The van der Waals surface area contributed by atoms with Crippen molar-refractivity contribution in [2.45, 2.75) is 13.3 Å². The zero-order valence-electron chi connectivity index (χ0n) is 10.6. The molecule has 0 aliphatic rings. The summed E-state index contributed by atoms with van der Waals surface area (Å²) in [6, 6.07) is 5.97. The Bertz CT molecular complexity index is 562. The van der Waals surface area contributed by atoms with E-state index in [0.717, 1.165) is 16.7 Å². The molecule has 2 N–H and O–H groups in total. The van der Waals surface area contributed by atoms with Crippen molar-refractivity contribution >= 4 is 22.7 Å². The minimum absolute atomic E-state index is 0.0990. The van der Waals surface area contributed by atoms with E-state index in [2.05, 4.69) is 10.3 Å². The molecule has 1 heterocycles. The number of nitrogens with one attached hydrogen (secondary N) is 1. The molecule has 0 aliphatic carbocycles. The molecular formula is C13H17N3O2. The van der Waals surface area contributed by atoms with Gasteiger partial charge in [-0.1, -0.05) is 6.92 Å². The van der Waals surface area contributed by atoms with E-state index in [9.17, 15) is 4.79 Å². The van der Waals surface area contributed by atoms with E-state index >= 15 is 0 Å². The zero-order chi connectivity index (χ0) is 13.1. The third-order valence-electron chi connectivity index (χ3n) is 2.90.